The highest BCUT2D eigenvalue weighted by atomic mass is 16.4. The van der Waals surface area contributed by atoms with Crippen LogP contribution in [0.1, 0.15) is 39.9 Å². The van der Waals surface area contributed by atoms with E-state index in [-0.39, 0.29) is 6.54 Å². The Balaban J connectivity index is 2.58. The molecule has 8 heteroatoms. The van der Waals surface area contributed by atoms with E-state index >= 15 is 0 Å². The van der Waals surface area contributed by atoms with E-state index in [1.807, 2.05) is 0 Å². The van der Waals surface area contributed by atoms with Crippen LogP contribution in [0.3, 0.4) is 0 Å². The van der Waals surface area contributed by atoms with Crippen molar-refractivity contribution in [2.45, 2.75) is 52.7 Å². The van der Waals surface area contributed by atoms with E-state index in [0.717, 1.165) is 0 Å². The molecule has 0 saturated heterocycles. The second kappa shape index (κ2) is 7.05. The molecule has 0 bridgehead atoms. The predicted octanol–water partition coefficient (Wildman–Crippen LogP) is 0.987. The van der Waals surface area contributed by atoms with E-state index in [9.17, 15) is 9.59 Å². The van der Waals surface area contributed by atoms with Crippen molar-refractivity contribution in [1.29, 1.82) is 0 Å². The van der Waals surface area contributed by atoms with Crippen LogP contribution in [0.15, 0.2) is 6.33 Å². The summed E-state index contributed by atoms with van der Waals surface area (Å²) in [6, 6.07) is -0.541. The molecule has 1 rings (SSSR count). The Labute approximate surface area is 123 Å². The van der Waals surface area contributed by atoms with Crippen molar-refractivity contribution in [1.82, 2.24) is 25.4 Å². The lowest BCUT2D eigenvalue weighted by molar-refractivity contribution is -0.143. The molecule has 1 unspecified atom stereocenters. The average Bonchev–Trinajstić information content (AvgIpc) is 2.82. The third kappa shape index (κ3) is 4.73. The largest absolute Gasteiger partial charge is 0.480 e. The second-order valence-electron chi connectivity index (χ2n) is 5.55. The molecule has 0 aliphatic carbocycles. The molecule has 1 aromatic rings. The fourth-order valence-corrected chi connectivity index (χ4v) is 1.67. The standard InChI is InChI=1S/C13H23N5O3/c1-5-13(4,11(19)20)17-12(21)14-6-10-15-8-16-18(10)7-9(2)3/h8-9H,5-7H2,1-4H3,(H,19,20)(H2,14,17,21). The lowest BCUT2D eigenvalue weighted by Gasteiger charge is -2.24. The summed E-state index contributed by atoms with van der Waals surface area (Å²) in [7, 11) is 0. The molecule has 0 fully saturated rings. The zero-order valence-electron chi connectivity index (χ0n) is 12.9. The number of rotatable bonds is 7. The Bertz CT molecular complexity index is 500. The third-order valence-electron chi connectivity index (χ3n) is 3.21. The molecule has 0 radical (unpaired) electrons. The maximum atomic E-state index is 11.8. The SMILES string of the molecule is CCC(C)(NC(=O)NCc1ncnn1CC(C)C)C(=O)O. The van der Waals surface area contributed by atoms with Gasteiger partial charge in [-0.05, 0) is 19.3 Å². The summed E-state index contributed by atoms with van der Waals surface area (Å²) in [6.45, 7) is 8.19. The smallest absolute Gasteiger partial charge is 0.329 e. The van der Waals surface area contributed by atoms with Crippen LogP contribution in [0.25, 0.3) is 0 Å². The minimum Gasteiger partial charge on any atom is -0.480 e. The monoisotopic (exact) mass is 297 g/mol. The first-order valence-corrected chi connectivity index (χ1v) is 6.94. The molecule has 1 atom stereocenters. The van der Waals surface area contributed by atoms with E-state index in [1.54, 1.807) is 11.6 Å². The van der Waals surface area contributed by atoms with Gasteiger partial charge in [0.05, 0.1) is 6.54 Å². The summed E-state index contributed by atoms with van der Waals surface area (Å²) in [5.41, 5.74) is -1.28. The molecule has 21 heavy (non-hydrogen) atoms. The van der Waals surface area contributed by atoms with Crippen LogP contribution in [0.2, 0.25) is 0 Å². The van der Waals surface area contributed by atoms with Gasteiger partial charge in [0, 0.05) is 6.54 Å². The summed E-state index contributed by atoms with van der Waals surface area (Å²) < 4.78 is 1.72. The topological polar surface area (TPSA) is 109 Å². The second-order valence-corrected chi connectivity index (χ2v) is 5.55. The predicted molar refractivity (Wildman–Crippen MR) is 76.6 cm³/mol. The molecule has 1 heterocycles. The molecule has 0 saturated carbocycles. The first kappa shape index (κ1) is 16.9. The Kier molecular flexibility index (Phi) is 5.69. The van der Waals surface area contributed by atoms with Crippen molar-refractivity contribution in [3.05, 3.63) is 12.2 Å². The van der Waals surface area contributed by atoms with Crippen molar-refractivity contribution in [2.75, 3.05) is 0 Å². The van der Waals surface area contributed by atoms with Gasteiger partial charge in [0.1, 0.15) is 17.7 Å². The van der Waals surface area contributed by atoms with Crippen LogP contribution in [-0.2, 0) is 17.9 Å². The number of nitrogens with zero attached hydrogens (tertiary/aromatic N) is 3. The average molecular weight is 297 g/mol. The minimum absolute atomic E-state index is 0.192. The normalized spacial score (nSPS) is 13.8. The van der Waals surface area contributed by atoms with Crippen LogP contribution in [0, 0.1) is 5.92 Å². The van der Waals surface area contributed by atoms with E-state index in [4.69, 9.17) is 5.11 Å². The number of aliphatic carboxylic acids is 1. The summed E-state index contributed by atoms with van der Waals surface area (Å²) in [6.07, 6.45) is 1.73. The lowest BCUT2D eigenvalue weighted by Crippen LogP contribution is -2.54. The molecule has 0 spiro atoms. The molecule has 0 aromatic carbocycles. The number of carboxylic acids is 1. The van der Waals surface area contributed by atoms with Crippen molar-refractivity contribution < 1.29 is 14.7 Å². The lowest BCUT2D eigenvalue weighted by atomic mass is 10.00. The number of amides is 2. The summed E-state index contributed by atoms with van der Waals surface area (Å²) in [4.78, 5) is 27.0. The fraction of sp³-hybridized carbons (Fsp3) is 0.692. The van der Waals surface area contributed by atoms with Gasteiger partial charge in [0.25, 0.3) is 0 Å². The number of aromatic nitrogens is 3. The van der Waals surface area contributed by atoms with Gasteiger partial charge in [-0.15, -0.1) is 0 Å². The number of hydrogen-bond donors (Lipinski definition) is 3. The molecule has 8 nitrogen and oxygen atoms in total. The van der Waals surface area contributed by atoms with Gasteiger partial charge in [-0.1, -0.05) is 20.8 Å². The highest BCUT2D eigenvalue weighted by Gasteiger charge is 2.32. The molecule has 0 aliphatic rings. The van der Waals surface area contributed by atoms with Gasteiger partial charge in [-0.2, -0.15) is 5.10 Å². The Morgan fingerprint density at radius 3 is 2.67 bits per heavy atom. The van der Waals surface area contributed by atoms with Gasteiger partial charge >= 0.3 is 12.0 Å². The number of carbonyl (C=O) groups is 2. The van der Waals surface area contributed by atoms with Gasteiger partial charge in [-0.3, -0.25) is 0 Å². The minimum atomic E-state index is -1.28. The number of urea groups is 1. The van der Waals surface area contributed by atoms with Gasteiger partial charge in [-0.25, -0.2) is 19.3 Å². The summed E-state index contributed by atoms with van der Waals surface area (Å²) >= 11 is 0. The first-order chi connectivity index (χ1) is 9.78. The number of carbonyl (C=O) groups excluding carboxylic acids is 1. The fourth-order valence-electron chi connectivity index (χ4n) is 1.67. The quantitative estimate of drug-likeness (QED) is 0.695. The van der Waals surface area contributed by atoms with Gasteiger partial charge in [0.2, 0.25) is 0 Å². The van der Waals surface area contributed by atoms with Crippen LogP contribution in [0.5, 0.6) is 0 Å². The van der Waals surface area contributed by atoms with E-state index in [1.165, 1.54) is 13.3 Å². The Hall–Kier alpha value is -2.12. The highest BCUT2D eigenvalue weighted by Crippen LogP contribution is 2.08. The van der Waals surface area contributed by atoms with Crippen molar-refractivity contribution >= 4 is 12.0 Å². The molecule has 3 N–H and O–H groups in total. The Morgan fingerprint density at radius 2 is 2.14 bits per heavy atom. The van der Waals surface area contributed by atoms with E-state index < -0.39 is 17.5 Å². The number of carboxylic acid groups (broad SMARTS) is 1. The van der Waals surface area contributed by atoms with Gasteiger partial charge in [0.15, 0.2) is 0 Å². The maximum Gasteiger partial charge on any atom is 0.329 e. The van der Waals surface area contributed by atoms with Crippen LogP contribution in [-0.4, -0.2) is 37.4 Å². The van der Waals surface area contributed by atoms with Crippen molar-refractivity contribution in [3.63, 3.8) is 0 Å². The molecule has 2 amide bonds. The van der Waals surface area contributed by atoms with E-state index in [0.29, 0.717) is 24.7 Å². The zero-order valence-corrected chi connectivity index (χ0v) is 12.9. The molecule has 118 valence electrons. The van der Waals surface area contributed by atoms with Gasteiger partial charge < -0.3 is 15.7 Å². The van der Waals surface area contributed by atoms with Crippen LogP contribution < -0.4 is 10.6 Å². The summed E-state index contributed by atoms with van der Waals surface area (Å²) in [5.74, 6) is -0.0230. The number of nitrogens with one attached hydrogen (secondary N) is 2. The molecule has 1 aromatic heterocycles. The van der Waals surface area contributed by atoms with Crippen molar-refractivity contribution in [2.24, 2.45) is 5.92 Å². The summed E-state index contributed by atoms with van der Waals surface area (Å²) in [5, 5.41) is 18.3. The maximum absolute atomic E-state index is 11.8. The highest BCUT2D eigenvalue weighted by molar-refractivity contribution is 5.85. The van der Waals surface area contributed by atoms with Crippen LogP contribution >= 0.6 is 0 Å². The zero-order chi connectivity index (χ0) is 16.0. The van der Waals surface area contributed by atoms with E-state index in [2.05, 4.69) is 34.6 Å². The first-order valence-electron chi connectivity index (χ1n) is 6.94. The third-order valence-corrected chi connectivity index (χ3v) is 3.21. The van der Waals surface area contributed by atoms with Crippen molar-refractivity contribution in [3.8, 4) is 0 Å². The van der Waals surface area contributed by atoms with Crippen LogP contribution in [0.4, 0.5) is 4.79 Å². The number of hydrogen-bond acceptors (Lipinski definition) is 4. The Morgan fingerprint density at radius 1 is 1.48 bits per heavy atom. The molecule has 0 aliphatic heterocycles. The molecular weight excluding hydrogens is 274 g/mol. The molecular formula is C13H23N5O3.